The highest BCUT2D eigenvalue weighted by atomic mass is 16.5. The normalized spacial score (nSPS) is 12.4. The highest BCUT2D eigenvalue weighted by molar-refractivity contribution is 5.29. The summed E-state index contributed by atoms with van der Waals surface area (Å²) < 4.78 is 5.68. The van der Waals surface area contributed by atoms with Gasteiger partial charge in [-0.1, -0.05) is 45.2 Å². The lowest BCUT2D eigenvalue weighted by molar-refractivity contribution is 0.309. The first-order valence-corrected chi connectivity index (χ1v) is 7.21. The van der Waals surface area contributed by atoms with Crippen LogP contribution in [0.15, 0.2) is 24.3 Å². The average Bonchev–Trinajstić information content (AvgIpc) is 2.41. The fourth-order valence-electron chi connectivity index (χ4n) is 2.02. The second-order valence-electron chi connectivity index (χ2n) is 4.75. The van der Waals surface area contributed by atoms with E-state index in [1.165, 1.54) is 31.2 Å². The molecular weight excluding hydrogens is 222 g/mol. The van der Waals surface area contributed by atoms with Gasteiger partial charge >= 0.3 is 0 Å². The molecule has 0 aliphatic carbocycles. The summed E-state index contributed by atoms with van der Waals surface area (Å²) in [5, 5.41) is 3.38. The number of hydrogen-bond acceptors (Lipinski definition) is 2. The SMILES string of the molecule is CCCCOc1ccc(C(CCCC)NC)cc1. The number of rotatable bonds is 9. The molecule has 0 aliphatic heterocycles. The fourth-order valence-corrected chi connectivity index (χ4v) is 2.02. The maximum Gasteiger partial charge on any atom is 0.119 e. The predicted molar refractivity (Wildman–Crippen MR) is 78.2 cm³/mol. The summed E-state index contributed by atoms with van der Waals surface area (Å²) in [5.41, 5.74) is 1.36. The van der Waals surface area contributed by atoms with Crippen LogP contribution in [0.5, 0.6) is 5.75 Å². The molecule has 0 saturated carbocycles. The van der Waals surface area contributed by atoms with Gasteiger partial charge in [-0.15, -0.1) is 0 Å². The Morgan fingerprint density at radius 3 is 2.28 bits per heavy atom. The third-order valence-corrected chi connectivity index (χ3v) is 3.24. The first kappa shape index (κ1) is 15.0. The van der Waals surface area contributed by atoms with Gasteiger partial charge in [0.2, 0.25) is 0 Å². The van der Waals surface area contributed by atoms with Gasteiger partial charge in [0.1, 0.15) is 5.75 Å². The van der Waals surface area contributed by atoms with Gasteiger partial charge in [0, 0.05) is 6.04 Å². The van der Waals surface area contributed by atoms with Gasteiger partial charge in [0.25, 0.3) is 0 Å². The zero-order valence-electron chi connectivity index (χ0n) is 12.0. The maximum atomic E-state index is 5.68. The van der Waals surface area contributed by atoms with Crippen molar-refractivity contribution in [3.63, 3.8) is 0 Å². The van der Waals surface area contributed by atoms with Crippen molar-refractivity contribution in [1.82, 2.24) is 5.32 Å². The lowest BCUT2D eigenvalue weighted by Gasteiger charge is -2.16. The molecule has 0 amide bonds. The van der Waals surface area contributed by atoms with Gasteiger partial charge in [0.15, 0.2) is 0 Å². The monoisotopic (exact) mass is 249 g/mol. The Kier molecular flexibility index (Phi) is 7.51. The minimum atomic E-state index is 0.467. The van der Waals surface area contributed by atoms with E-state index in [0.29, 0.717) is 6.04 Å². The third kappa shape index (κ3) is 5.09. The van der Waals surface area contributed by atoms with E-state index in [1.807, 2.05) is 7.05 Å². The molecule has 1 rings (SSSR count). The molecule has 0 saturated heterocycles. The molecule has 1 N–H and O–H groups in total. The van der Waals surface area contributed by atoms with Crippen molar-refractivity contribution in [3.05, 3.63) is 29.8 Å². The van der Waals surface area contributed by atoms with Gasteiger partial charge in [-0.2, -0.15) is 0 Å². The molecule has 1 atom stereocenters. The molecule has 0 fully saturated rings. The number of hydrogen-bond donors (Lipinski definition) is 1. The Morgan fingerprint density at radius 2 is 1.72 bits per heavy atom. The molecule has 2 nitrogen and oxygen atoms in total. The number of ether oxygens (including phenoxy) is 1. The van der Waals surface area contributed by atoms with Gasteiger partial charge in [-0.05, 0) is 37.6 Å². The van der Waals surface area contributed by atoms with Crippen molar-refractivity contribution in [3.8, 4) is 5.75 Å². The van der Waals surface area contributed by atoms with E-state index in [-0.39, 0.29) is 0 Å². The molecule has 1 unspecified atom stereocenters. The first-order valence-electron chi connectivity index (χ1n) is 7.21. The van der Waals surface area contributed by atoms with Crippen LogP contribution in [-0.2, 0) is 0 Å². The Hall–Kier alpha value is -1.02. The van der Waals surface area contributed by atoms with Gasteiger partial charge < -0.3 is 10.1 Å². The van der Waals surface area contributed by atoms with Gasteiger partial charge in [-0.3, -0.25) is 0 Å². The average molecular weight is 249 g/mol. The standard InChI is InChI=1S/C16H27NO/c1-4-6-8-16(17-3)14-9-11-15(12-10-14)18-13-7-5-2/h9-12,16-17H,4-8,13H2,1-3H3. The molecule has 0 aromatic heterocycles. The van der Waals surface area contributed by atoms with Crippen molar-refractivity contribution in [2.24, 2.45) is 0 Å². The van der Waals surface area contributed by atoms with E-state index in [4.69, 9.17) is 4.74 Å². The Morgan fingerprint density at radius 1 is 1.06 bits per heavy atom. The third-order valence-electron chi connectivity index (χ3n) is 3.24. The van der Waals surface area contributed by atoms with Crippen LogP contribution in [0.1, 0.15) is 57.6 Å². The van der Waals surface area contributed by atoms with Crippen molar-refractivity contribution < 1.29 is 4.74 Å². The van der Waals surface area contributed by atoms with Gasteiger partial charge in [-0.25, -0.2) is 0 Å². The summed E-state index contributed by atoms with van der Waals surface area (Å²) in [4.78, 5) is 0. The summed E-state index contributed by atoms with van der Waals surface area (Å²) in [7, 11) is 2.03. The topological polar surface area (TPSA) is 21.3 Å². The molecule has 2 heteroatoms. The van der Waals surface area contributed by atoms with E-state index < -0.39 is 0 Å². The minimum Gasteiger partial charge on any atom is -0.494 e. The molecule has 0 spiro atoms. The van der Waals surface area contributed by atoms with Crippen molar-refractivity contribution >= 4 is 0 Å². The summed E-state index contributed by atoms with van der Waals surface area (Å²) in [6.45, 7) is 5.23. The molecule has 0 heterocycles. The van der Waals surface area contributed by atoms with Crippen LogP contribution < -0.4 is 10.1 Å². The Balaban J connectivity index is 2.51. The number of benzene rings is 1. The first-order chi connectivity index (χ1) is 8.81. The van der Waals surface area contributed by atoms with Crippen molar-refractivity contribution in [1.29, 1.82) is 0 Å². The quantitative estimate of drug-likeness (QED) is 0.658. The largest absolute Gasteiger partial charge is 0.494 e. The molecule has 1 aromatic rings. The van der Waals surface area contributed by atoms with Crippen LogP contribution >= 0.6 is 0 Å². The molecule has 18 heavy (non-hydrogen) atoms. The highest BCUT2D eigenvalue weighted by Crippen LogP contribution is 2.21. The van der Waals surface area contributed by atoms with Crippen LogP contribution in [0.2, 0.25) is 0 Å². The van der Waals surface area contributed by atoms with Crippen LogP contribution in [0.4, 0.5) is 0 Å². The van der Waals surface area contributed by atoms with Crippen molar-refractivity contribution in [2.45, 2.75) is 52.0 Å². The van der Waals surface area contributed by atoms with Gasteiger partial charge in [0.05, 0.1) is 6.61 Å². The van der Waals surface area contributed by atoms with Crippen molar-refractivity contribution in [2.75, 3.05) is 13.7 Å². The van der Waals surface area contributed by atoms with E-state index in [9.17, 15) is 0 Å². The van der Waals surface area contributed by atoms with Crippen LogP contribution in [0.3, 0.4) is 0 Å². The zero-order chi connectivity index (χ0) is 13.2. The minimum absolute atomic E-state index is 0.467. The number of nitrogens with one attached hydrogen (secondary N) is 1. The summed E-state index contributed by atoms with van der Waals surface area (Å²) in [6, 6.07) is 8.99. The molecule has 1 aromatic carbocycles. The maximum absolute atomic E-state index is 5.68. The second kappa shape index (κ2) is 8.98. The Labute approximate surface area is 112 Å². The smallest absolute Gasteiger partial charge is 0.119 e. The predicted octanol–water partition coefficient (Wildman–Crippen LogP) is 4.32. The molecule has 0 aliphatic rings. The van der Waals surface area contributed by atoms with E-state index >= 15 is 0 Å². The second-order valence-corrected chi connectivity index (χ2v) is 4.75. The lowest BCUT2D eigenvalue weighted by atomic mass is 10.0. The number of unbranched alkanes of at least 4 members (excludes halogenated alkanes) is 2. The van der Waals surface area contributed by atoms with Crippen LogP contribution in [-0.4, -0.2) is 13.7 Å². The molecular formula is C16H27NO. The van der Waals surface area contributed by atoms with Crippen LogP contribution in [0.25, 0.3) is 0 Å². The molecule has 102 valence electrons. The van der Waals surface area contributed by atoms with E-state index in [2.05, 4.69) is 43.4 Å². The summed E-state index contributed by atoms with van der Waals surface area (Å²) >= 11 is 0. The van der Waals surface area contributed by atoms with E-state index in [1.54, 1.807) is 0 Å². The lowest BCUT2D eigenvalue weighted by Crippen LogP contribution is -2.16. The van der Waals surface area contributed by atoms with E-state index in [0.717, 1.165) is 18.8 Å². The molecule has 0 radical (unpaired) electrons. The highest BCUT2D eigenvalue weighted by Gasteiger charge is 2.08. The fraction of sp³-hybridized carbons (Fsp3) is 0.625. The molecule has 0 bridgehead atoms. The Bertz CT molecular complexity index is 307. The summed E-state index contributed by atoms with van der Waals surface area (Å²) in [6.07, 6.45) is 6.01. The zero-order valence-corrected chi connectivity index (χ0v) is 12.0. The summed E-state index contributed by atoms with van der Waals surface area (Å²) in [5.74, 6) is 0.984. The van der Waals surface area contributed by atoms with Crippen LogP contribution in [0, 0.1) is 0 Å².